The normalized spacial score (nSPS) is 14.4. The number of amides is 1. The highest BCUT2D eigenvalue weighted by Gasteiger charge is 2.19. The SMILES string of the molecule is COc1ccc(N2CCCN(C(=O)CCCOc3cccc4ccccc34)CC2)cc1. The van der Waals surface area contributed by atoms with Gasteiger partial charge in [0.1, 0.15) is 11.5 Å². The van der Waals surface area contributed by atoms with E-state index in [4.69, 9.17) is 9.47 Å². The van der Waals surface area contributed by atoms with Crippen molar-refractivity contribution in [3.63, 3.8) is 0 Å². The van der Waals surface area contributed by atoms with Crippen LogP contribution >= 0.6 is 0 Å². The third-order valence-corrected chi connectivity index (χ3v) is 5.83. The van der Waals surface area contributed by atoms with Crippen LogP contribution in [0.5, 0.6) is 11.5 Å². The Morgan fingerprint density at radius 2 is 1.71 bits per heavy atom. The van der Waals surface area contributed by atoms with E-state index < -0.39 is 0 Å². The van der Waals surface area contributed by atoms with Crippen molar-refractivity contribution >= 4 is 22.4 Å². The molecule has 5 nitrogen and oxygen atoms in total. The maximum atomic E-state index is 12.7. The lowest BCUT2D eigenvalue weighted by atomic mass is 10.1. The van der Waals surface area contributed by atoms with Gasteiger partial charge in [0.2, 0.25) is 5.91 Å². The highest BCUT2D eigenvalue weighted by atomic mass is 16.5. The van der Waals surface area contributed by atoms with Gasteiger partial charge in [-0.3, -0.25) is 4.79 Å². The Morgan fingerprint density at radius 1 is 0.903 bits per heavy atom. The molecule has 3 aromatic carbocycles. The van der Waals surface area contributed by atoms with Gasteiger partial charge in [0.05, 0.1) is 13.7 Å². The molecule has 0 aliphatic carbocycles. The van der Waals surface area contributed by atoms with Gasteiger partial charge in [-0.25, -0.2) is 0 Å². The molecule has 1 saturated heterocycles. The van der Waals surface area contributed by atoms with E-state index >= 15 is 0 Å². The van der Waals surface area contributed by atoms with Gasteiger partial charge in [-0.05, 0) is 48.6 Å². The molecule has 1 aliphatic rings. The van der Waals surface area contributed by atoms with Crippen molar-refractivity contribution in [1.82, 2.24) is 4.90 Å². The van der Waals surface area contributed by atoms with E-state index in [1.807, 2.05) is 41.3 Å². The van der Waals surface area contributed by atoms with Gasteiger partial charge in [-0.1, -0.05) is 36.4 Å². The minimum Gasteiger partial charge on any atom is -0.497 e. The summed E-state index contributed by atoms with van der Waals surface area (Å²) >= 11 is 0. The molecule has 1 aliphatic heterocycles. The van der Waals surface area contributed by atoms with E-state index in [2.05, 4.69) is 35.2 Å². The van der Waals surface area contributed by atoms with Crippen molar-refractivity contribution in [2.24, 2.45) is 0 Å². The monoisotopic (exact) mass is 418 g/mol. The summed E-state index contributed by atoms with van der Waals surface area (Å²) in [7, 11) is 1.68. The molecule has 0 unspecified atom stereocenters. The van der Waals surface area contributed by atoms with Gasteiger partial charge in [0.15, 0.2) is 0 Å². The summed E-state index contributed by atoms with van der Waals surface area (Å²) in [5, 5.41) is 2.28. The molecule has 5 heteroatoms. The lowest BCUT2D eigenvalue weighted by Gasteiger charge is -2.24. The fourth-order valence-corrected chi connectivity index (χ4v) is 4.10. The quantitative estimate of drug-likeness (QED) is 0.520. The number of rotatable bonds is 7. The van der Waals surface area contributed by atoms with Crippen LogP contribution in [0.3, 0.4) is 0 Å². The van der Waals surface area contributed by atoms with Crippen LogP contribution in [0.4, 0.5) is 5.69 Å². The van der Waals surface area contributed by atoms with E-state index in [0.29, 0.717) is 13.0 Å². The van der Waals surface area contributed by atoms with E-state index in [-0.39, 0.29) is 5.91 Å². The molecule has 4 rings (SSSR count). The maximum Gasteiger partial charge on any atom is 0.222 e. The van der Waals surface area contributed by atoms with Crippen LogP contribution < -0.4 is 14.4 Å². The predicted octanol–water partition coefficient (Wildman–Crippen LogP) is 4.75. The van der Waals surface area contributed by atoms with Crippen molar-refractivity contribution < 1.29 is 14.3 Å². The molecule has 0 atom stereocenters. The molecule has 0 saturated carbocycles. The number of carbonyl (C=O) groups excluding carboxylic acids is 1. The highest BCUT2D eigenvalue weighted by molar-refractivity contribution is 5.88. The standard InChI is InChI=1S/C26H30N2O3/c1-30-23-14-12-22(13-15-23)27-16-6-17-28(19-18-27)26(29)11-5-20-31-25-10-4-8-21-7-2-3-9-24(21)25/h2-4,7-10,12-15H,5-6,11,16-20H2,1H3. The summed E-state index contributed by atoms with van der Waals surface area (Å²) in [6.45, 7) is 3.93. The zero-order valence-corrected chi connectivity index (χ0v) is 18.1. The van der Waals surface area contributed by atoms with Crippen LogP contribution in [0.15, 0.2) is 66.7 Å². The van der Waals surface area contributed by atoms with Crippen molar-refractivity contribution in [3.05, 3.63) is 66.7 Å². The van der Waals surface area contributed by atoms with Crippen LogP contribution in [0.25, 0.3) is 10.8 Å². The highest BCUT2D eigenvalue weighted by Crippen LogP contribution is 2.25. The molecule has 1 fully saturated rings. The second-order valence-electron chi connectivity index (χ2n) is 7.85. The summed E-state index contributed by atoms with van der Waals surface area (Å²) in [5.41, 5.74) is 1.18. The third-order valence-electron chi connectivity index (χ3n) is 5.83. The number of anilines is 1. The first kappa shape index (κ1) is 21.0. The molecule has 1 heterocycles. The number of hydrogen-bond acceptors (Lipinski definition) is 4. The number of carbonyl (C=O) groups is 1. The van der Waals surface area contributed by atoms with Crippen LogP contribution in [0.1, 0.15) is 19.3 Å². The maximum absolute atomic E-state index is 12.7. The summed E-state index contributed by atoms with van der Waals surface area (Å²) < 4.78 is 11.2. The first-order valence-corrected chi connectivity index (χ1v) is 11.0. The molecule has 0 aromatic heterocycles. The first-order valence-electron chi connectivity index (χ1n) is 11.0. The number of hydrogen-bond donors (Lipinski definition) is 0. The average molecular weight is 419 g/mol. The van der Waals surface area contributed by atoms with Crippen LogP contribution in [-0.2, 0) is 4.79 Å². The van der Waals surface area contributed by atoms with Crippen molar-refractivity contribution in [2.75, 3.05) is 44.8 Å². The van der Waals surface area contributed by atoms with Crippen molar-refractivity contribution in [3.8, 4) is 11.5 Å². The number of methoxy groups -OCH3 is 1. The zero-order valence-electron chi connectivity index (χ0n) is 18.1. The Bertz CT molecular complexity index is 998. The van der Waals surface area contributed by atoms with Crippen molar-refractivity contribution in [1.29, 1.82) is 0 Å². The van der Waals surface area contributed by atoms with Crippen LogP contribution in [0, 0.1) is 0 Å². The van der Waals surface area contributed by atoms with Gasteiger partial charge in [-0.2, -0.15) is 0 Å². The third kappa shape index (κ3) is 5.29. The molecular formula is C26H30N2O3. The number of fused-ring (bicyclic) bond motifs is 1. The minimum absolute atomic E-state index is 0.220. The van der Waals surface area contributed by atoms with Crippen LogP contribution in [0.2, 0.25) is 0 Å². The molecular weight excluding hydrogens is 388 g/mol. The molecule has 3 aromatic rings. The van der Waals surface area contributed by atoms with Gasteiger partial charge in [0, 0.05) is 43.7 Å². The molecule has 0 radical (unpaired) electrons. The Labute approximate surface area is 184 Å². The smallest absolute Gasteiger partial charge is 0.222 e. The number of nitrogens with zero attached hydrogens (tertiary/aromatic N) is 2. The zero-order chi connectivity index (χ0) is 21.5. The predicted molar refractivity (Wildman–Crippen MR) is 125 cm³/mol. The van der Waals surface area contributed by atoms with Gasteiger partial charge >= 0.3 is 0 Å². The van der Waals surface area contributed by atoms with E-state index in [0.717, 1.165) is 55.9 Å². The Kier molecular flexibility index (Phi) is 6.92. The number of ether oxygens (including phenoxy) is 2. The van der Waals surface area contributed by atoms with E-state index in [1.54, 1.807) is 7.11 Å². The fraction of sp³-hybridized carbons (Fsp3) is 0.346. The summed E-state index contributed by atoms with van der Waals surface area (Å²) in [5.74, 6) is 1.97. The average Bonchev–Trinajstić information content (AvgIpc) is 3.08. The Morgan fingerprint density at radius 3 is 2.55 bits per heavy atom. The molecule has 0 bridgehead atoms. The molecule has 0 spiro atoms. The second kappa shape index (κ2) is 10.2. The molecule has 31 heavy (non-hydrogen) atoms. The summed E-state index contributed by atoms with van der Waals surface area (Å²) in [6, 6.07) is 22.4. The van der Waals surface area contributed by atoms with Gasteiger partial charge in [-0.15, -0.1) is 0 Å². The lowest BCUT2D eigenvalue weighted by molar-refractivity contribution is -0.131. The topological polar surface area (TPSA) is 42.0 Å². The summed E-state index contributed by atoms with van der Waals surface area (Å²) in [4.78, 5) is 17.1. The van der Waals surface area contributed by atoms with E-state index in [1.165, 1.54) is 11.1 Å². The largest absolute Gasteiger partial charge is 0.497 e. The number of benzene rings is 3. The summed E-state index contributed by atoms with van der Waals surface area (Å²) in [6.07, 6.45) is 2.22. The van der Waals surface area contributed by atoms with E-state index in [9.17, 15) is 4.79 Å². The van der Waals surface area contributed by atoms with Crippen LogP contribution in [-0.4, -0.2) is 50.7 Å². The Hall–Kier alpha value is -3.21. The lowest BCUT2D eigenvalue weighted by Crippen LogP contribution is -2.35. The minimum atomic E-state index is 0.220. The fourth-order valence-electron chi connectivity index (χ4n) is 4.10. The van der Waals surface area contributed by atoms with Gasteiger partial charge < -0.3 is 19.3 Å². The first-order chi connectivity index (χ1) is 15.2. The molecule has 1 amide bonds. The Balaban J connectivity index is 1.24. The van der Waals surface area contributed by atoms with Crippen molar-refractivity contribution in [2.45, 2.75) is 19.3 Å². The van der Waals surface area contributed by atoms with Gasteiger partial charge in [0.25, 0.3) is 0 Å². The second-order valence-corrected chi connectivity index (χ2v) is 7.85. The molecule has 162 valence electrons. The molecule has 0 N–H and O–H groups in total.